The number of hydrogen-bond donors (Lipinski definition) is 1. The number of anilines is 1. The van der Waals surface area contributed by atoms with Gasteiger partial charge in [-0.25, -0.2) is 9.79 Å². The van der Waals surface area contributed by atoms with E-state index in [1.54, 1.807) is 50.2 Å². The normalized spacial score (nSPS) is 16.2. The topological polar surface area (TPSA) is 116 Å². The van der Waals surface area contributed by atoms with Crippen molar-refractivity contribution in [2.75, 3.05) is 33.3 Å². The Morgan fingerprint density at radius 1 is 1.07 bits per heavy atom. The number of fused-ring (bicyclic) bond motifs is 1. The fourth-order valence-corrected chi connectivity index (χ4v) is 5.28. The number of amidine groups is 1. The van der Waals surface area contributed by atoms with Crippen molar-refractivity contribution < 1.29 is 33.3 Å². The van der Waals surface area contributed by atoms with Gasteiger partial charge in [-0.2, -0.15) is 0 Å². The number of thioether (sulfide) groups is 1. The number of allylic oxidation sites excluding steroid dienone is 1. The van der Waals surface area contributed by atoms with Crippen LogP contribution < -0.4 is 19.5 Å². The summed E-state index contributed by atoms with van der Waals surface area (Å²) >= 11 is 6.94. The molecular formula is C27H27BrClN3O7S. The fourth-order valence-electron chi connectivity index (χ4n) is 4.18. The van der Waals surface area contributed by atoms with Crippen molar-refractivity contribution in [2.24, 2.45) is 4.99 Å². The number of aliphatic imine (C=N–C) groups is 1. The van der Waals surface area contributed by atoms with E-state index < -0.39 is 23.8 Å². The number of halogens is 2. The van der Waals surface area contributed by atoms with E-state index in [0.717, 1.165) is 11.8 Å². The Kier molecular flexibility index (Phi) is 10.3. The fraction of sp³-hybridized carbons (Fsp3) is 0.259. The molecule has 10 nitrogen and oxygen atoms in total. The number of benzene rings is 2. The second-order valence-electron chi connectivity index (χ2n) is 8.26. The third-order valence-corrected chi connectivity index (χ3v) is 7.15. The lowest BCUT2D eigenvalue weighted by molar-refractivity contribution is -0.139. The smallest absolute Gasteiger partial charge is 0.338 e. The number of hydrogen-bond acceptors (Lipinski definition) is 9. The van der Waals surface area contributed by atoms with Crippen LogP contribution in [0.2, 0.25) is 5.02 Å². The molecule has 40 heavy (non-hydrogen) atoms. The molecule has 0 aliphatic carbocycles. The van der Waals surface area contributed by atoms with E-state index >= 15 is 0 Å². The van der Waals surface area contributed by atoms with Crippen molar-refractivity contribution in [1.82, 2.24) is 4.90 Å². The van der Waals surface area contributed by atoms with Gasteiger partial charge in [0.05, 0.1) is 50.2 Å². The van der Waals surface area contributed by atoms with Crippen LogP contribution in [0.4, 0.5) is 5.69 Å². The summed E-state index contributed by atoms with van der Waals surface area (Å²) in [7, 11) is 4.42. The number of amides is 2. The lowest BCUT2D eigenvalue weighted by Crippen LogP contribution is -2.45. The van der Waals surface area contributed by atoms with E-state index in [4.69, 9.17) is 30.5 Å². The molecule has 0 saturated carbocycles. The second kappa shape index (κ2) is 13.2. The van der Waals surface area contributed by atoms with Crippen LogP contribution in [0.1, 0.15) is 25.5 Å². The SMILES string of the molecule is Br.CCOC(=O)C1=C(C)N=C2SC(C(=O)Nc3ccc(Cl)cc3)=CC(=O)N2C1c1cc(OC)c(OC)c(OC)c1. The first-order chi connectivity index (χ1) is 18.7. The largest absolute Gasteiger partial charge is 0.493 e. The molecule has 1 atom stereocenters. The van der Waals surface area contributed by atoms with Gasteiger partial charge in [0.1, 0.15) is 0 Å². The number of ether oxygens (including phenoxy) is 4. The van der Waals surface area contributed by atoms with Crippen molar-refractivity contribution in [3.05, 3.63) is 69.2 Å². The number of carbonyl (C=O) groups excluding carboxylic acids is 3. The molecule has 0 bridgehead atoms. The molecule has 2 aromatic carbocycles. The van der Waals surface area contributed by atoms with Gasteiger partial charge in [-0.3, -0.25) is 14.5 Å². The molecule has 4 rings (SSSR count). The molecule has 0 spiro atoms. The summed E-state index contributed by atoms with van der Waals surface area (Å²) in [5.74, 6) is -0.612. The van der Waals surface area contributed by atoms with E-state index in [2.05, 4.69) is 10.3 Å². The maximum absolute atomic E-state index is 13.6. The predicted octanol–water partition coefficient (Wildman–Crippen LogP) is 5.29. The van der Waals surface area contributed by atoms with Crippen LogP contribution in [0.15, 0.2) is 63.6 Å². The van der Waals surface area contributed by atoms with Gasteiger partial charge < -0.3 is 24.3 Å². The van der Waals surface area contributed by atoms with Crippen molar-refractivity contribution in [2.45, 2.75) is 19.9 Å². The Labute approximate surface area is 251 Å². The first-order valence-electron chi connectivity index (χ1n) is 11.8. The van der Waals surface area contributed by atoms with Crippen LogP contribution in [0.3, 0.4) is 0 Å². The highest BCUT2D eigenvalue weighted by Crippen LogP contribution is 2.46. The first kappa shape index (κ1) is 31.1. The van der Waals surface area contributed by atoms with Crippen LogP contribution >= 0.6 is 40.3 Å². The van der Waals surface area contributed by atoms with Crippen molar-refractivity contribution in [3.8, 4) is 17.2 Å². The molecule has 0 fully saturated rings. The van der Waals surface area contributed by atoms with Gasteiger partial charge in [-0.1, -0.05) is 11.6 Å². The molecular weight excluding hydrogens is 626 g/mol. The van der Waals surface area contributed by atoms with Gasteiger partial charge in [0.2, 0.25) is 5.75 Å². The Morgan fingerprint density at radius 2 is 1.70 bits per heavy atom. The van der Waals surface area contributed by atoms with Gasteiger partial charge in [-0.05, 0) is 67.6 Å². The Bertz CT molecular complexity index is 1400. The van der Waals surface area contributed by atoms with Gasteiger partial charge in [0, 0.05) is 16.8 Å². The summed E-state index contributed by atoms with van der Waals surface area (Å²) < 4.78 is 21.8. The lowest BCUT2D eigenvalue weighted by Gasteiger charge is -2.38. The van der Waals surface area contributed by atoms with Gasteiger partial charge in [-0.15, -0.1) is 17.0 Å². The maximum atomic E-state index is 13.6. The summed E-state index contributed by atoms with van der Waals surface area (Å²) in [5.41, 5.74) is 1.53. The summed E-state index contributed by atoms with van der Waals surface area (Å²) in [5, 5.41) is 3.51. The molecule has 0 saturated heterocycles. The van der Waals surface area contributed by atoms with Crippen LogP contribution in [-0.4, -0.2) is 55.8 Å². The zero-order valence-electron chi connectivity index (χ0n) is 22.3. The van der Waals surface area contributed by atoms with Gasteiger partial charge >= 0.3 is 5.97 Å². The lowest BCUT2D eigenvalue weighted by atomic mass is 9.93. The van der Waals surface area contributed by atoms with E-state index in [1.165, 1.54) is 32.3 Å². The summed E-state index contributed by atoms with van der Waals surface area (Å²) in [6, 6.07) is 8.97. The number of rotatable bonds is 8. The Hall–Kier alpha value is -3.48. The standard InChI is InChI=1S/C27H26ClN3O7S.BrH/c1-6-38-26(34)22-14(2)29-27-31(23(22)15-11-18(35-3)24(37-5)19(12-15)36-4)21(32)13-20(39-27)25(33)30-17-9-7-16(28)8-10-17;/h7-13,23H,6H2,1-5H3,(H,30,33);1H. The quantitative estimate of drug-likeness (QED) is 0.383. The van der Waals surface area contributed by atoms with E-state index in [9.17, 15) is 14.4 Å². The minimum absolute atomic E-state index is 0. The van der Waals surface area contributed by atoms with Gasteiger partial charge in [0.15, 0.2) is 16.7 Å². The minimum atomic E-state index is -0.942. The average Bonchev–Trinajstić information content (AvgIpc) is 2.92. The Balaban J connectivity index is 0.00000441. The molecule has 13 heteroatoms. The zero-order chi connectivity index (χ0) is 28.3. The van der Waals surface area contributed by atoms with Crippen molar-refractivity contribution in [3.63, 3.8) is 0 Å². The molecule has 1 unspecified atom stereocenters. The molecule has 0 aromatic heterocycles. The molecule has 1 N–H and O–H groups in total. The van der Waals surface area contributed by atoms with Crippen LogP contribution in [0.25, 0.3) is 0 Å². The third kappa shape index (κ3) is 6.13. The number of carbonyl (C=O) groups is 3. The van der Waals surface area contributed by atoms with Crippen molar-refractivity contribution in [1.29, 1.82) is 0 Å². The molecule has 2 aliphatic rings. The molecule has 2 amide bonds. The highest BCUT2D eigenvalue weighted by atomic mass is 79.9. The predicted molar refractivity (Wildman–Crippen MR) is 159 cm³/mol. The second-order valence-corrected chi connectivity index (χ2v) is 9.70. The van der Waals surface area contributed by atoms with E-state index in [1.807, 2.05) is 0 Å². The number of esters is 1. The summed E-state index contributed by atoms with van der Waals surface area (Å²) in [4.78, 5) is 45.7. The molecule has 0 radical (unpaired) electrons. The average molecular weight is 653 g/mol. The molecule has 212 valence electrons. The monoisotopic (exact) mass is 651 g/mol. The van der Waals surface area contributed by atoms with Crippen molar-refractivity contribution >= 4 is 69.0 Å². The minimum Gasteiger partial charge on any atom is -0.493 e. The number of methoxy groups -OCH3 is 3. The zero-order valence-corrected chi connectivity index (χ0v) is 25.6. The van der Waals surface area contributed by atoms with E-state index in [0.29, 0.717) is 39.2 Å². The molecule has 2 heterocycles. The third-order valence-electron chi connectivity index (χ3n) is 5.91. The van der Waals surface area contributed by atoms with Gasteiger partial charge in [0.25, 0.3) is 11.8 Å². The molecule has 2 aromatic rings. The maximum Gasteiger partial charge on any atom is 0.338 e. The molecule has 2 aliphatic heterocycles. The summed E-state index contributed by atoms with van der Waals surface area (Å²) in [6.07, 6.45) is 1.21. The Morgan fingerprint density at radius 3 is 2.25 bits per heavy atom. The highest BCUT2D eigenvalue weighted by Gasteiger charge is 2.43. The highest BCUT2D eigenvalue weighted by molar-refractivity contribution is 8.93. The van der Waals surface area contributed by atoms with E-state index in [-0.39, 0.29) is 39.2 Å². The van der Waals surface area contributed by atoms with Crippen LogP contribution in [0.5, 0.6) is 17.2 Å². The number of nitrogens with one attached hydrogen (secondary N) is 1. The first-order valence-corrected chi connectivity index (χ1v) is 13.0. The van der Waals surface area contributed by atoms with Crippen LogP contribution in [0, 0.1) is 0 Å². The van der Waals surface area contributed by atoms with Crippen LogP contribution in [-0.2, 0) is 19.1 Å². The summed E-state index contributed by atoms with van der Waals surface area (Å²) in [6.45, 7) is 3.47. The number of nitrogens with zero attached hydrogens (tertiary/aromatic N) is 2.